The van der Waals surface area contributed by atoms with Crippen molar-refractivity contribution in [3.63, 3.8) is 0 Å². The molecule has 0 aliphatic heterocycles. The van der Waals surface area contributed by atoms with Crippen LogP contribution in [0, 0.1) is 0 Å². The molecule has 0 aromatic carbocycles. The van der Waals surface area contributed by atoms with Gasteiger partial charge in [-0.3, -0.25) is 14.4 Å². The lowest BCUT2D eigenvalue weighted by molar-refractivity contribution is -0.137. The predicted octanol–water partition coefficient (Wildman–Crippen LogP) is 0.572. The van der Waals surface area contributed by atoms with Crippen LogP contribution in [-0.4, -0.2) is 57.5 Å². The third-order valence-electron chi connectivity index (χ3n) is 3.56. The van der Waals surface area contributed by atoms with Gasteiger partial charge in [0.1, 0.15) is 6.54 Å². The van der Waals surface area contributed by atoms with E-state index in [1.165, 1.54) is 29.9 Å². The second-order valence-electron chi connectivity index (χ2n) is 5.40. The second kappa shape index (κ2) is 6.57. The summed E-state index contributed by atoms with van der Waals surface area (Å²) in [7, 11) is 2.07. The maximum absolute atomic E-state index is 11.8. The molecule has 1 atom stereocenters. The minimum Gasteiger partial charge on any atom is -0.480 e. The standard InChI is InChI=1S/C13H21N5O3/c1-9(17(2)11-3-4-11)5-14-13(21)16-10-6-15-18(7-10)8-12(19)20/h6-7,9,11H,3-5,8H2,1-2H3,(H,19,20)(H2,14,16,21). The summed E-state index contributed by atoms with van der Waals surface area (Å²) in [5.41, 5.74) is 0.469. The zero-order valence-electron chi connectivity index (χ0n) is 12.2. The molecule has 1 saturated carbocycles. The van der Waals surface area contributed by atoms with Crippen molar-refractivity contribution in [2.75, 3.05) is 18.9 Å². The first-order valence-corrected chi connectivity index (χ1v) is 6.96. The van der Waals surface area contributed by atoms with E-state index in [0.29, 0.717) is 18.3 Å². The van der Waals surface area contributed by atoms with Gasteiger partial charge in [0.2, 0.25) is 0 Å². The number of anilines is 1. The number of amides is 2. The molecule has 1 aromatic rings. The molecule has 0 saturated heterocycles. The molecule has 8 nitrogen and oxygen atoms in total. The zero-order chi connectivity index (χ0) is 15.4. The minimum atomic E-state index is -0.981. The molecule has 1 heterocycles. The minimum absolute atomic E-state index is 0.230. The molecule has 0 radical (unpaired) electrons. The molecule has 1 fully saturated rings. The van der Waals surface area contributed by atoms with Crippen LogP contribution in [-0.2, 0) is 11.3 Å². The van der Waals surface area contributed by atoms with E-state index in [-0.39, 0.29) is 18.6 Å². The van der Waals surface area contributed by atoms with Crippen molar-refractivity contribution in [1.82, 2.24) is 20.0 Å². The maximum atomic E-state index is 11.8. The highest BCUT2D eigenvalue weighted by atomic mass is 16.4. The van der Waals surface area contributed by atoms with Crippen LogP contribution in [0.25, 0.3) is 0 Å². The van der Waals surface area contributed by atoms with E-state index in [4.69, 9.17) is 5.11 Å². The van der Waals surface area contributed by atoms with Gasteiger partial charge in [-0.15, -0.1) is 0 Å². The fourth-order valence-electron chi connectivity index (χ4n) is 2.05. The van der Waals surface area contributed by atoms with Gasteiger partial charge in [-0.25, -0.2) is 4.79 Å². The first kappa shape index (κ1) is 15.3. The van der Waals surface area contributed by atoms with Crippen LogP contribution < -0.4 is 10.6 Å². The van der Waals surface area contributed by atoms with E-state index in [9.17, 15) is 9.59 Å². The molecule has 0 spiro atoms. The predicted molar refractivity (Wildman–Crippen MR) is 77.1 cm³/mol. The van der Waals surface area contributed by atoms with Gasteiger partial charge in [-0.2, -0.15) is 5.10 Å². The van der Waals surface area contributed by atoms with Gasteiger partial charge in [0.15, 0.2) is 0 Å². The van der Waals surface area contributed by atoms with Gasteiger partial charge < -0.3 is 15.7 Å². The maximum Gasteiger partial charge on any atom is 0.325 e. The summed E-state index contributed by atoms with van der Waals surface area (Å²) in [5.74, 6) is -0.981. The molecule has 1 aliphatic carbocycles. The summed E-state index contributed by atoms with van der Waals surface area (Å²) in [4.78, 5) is 24.6. The summed E-state index contributed by atoms with van der Waals surface area (Å²) in [6, 6.07) is 0.609. The summed E-state index contributed by atoms with van der Waals surface area (Å²) in [6.07, 6.45) is 5.36. The molecule has 3 N–H and O–H groups in total. The van der Waals surface area contributed by atoms with Crippen LogP contribution in [0.4, 0.5) is 10.5 Å². The van der Waals surface area contributed by atoms with E-state index in [1.54, 1.807) is 0 Å². The number of aromatic nitrogens is 2. The van der Waals surface area contributed by atoms with E-state index in [0.717, 1.165) is 0 Å². The average molecular weight is 295 g/mol. The van der Waals surface area contributed by atoms with Crippen molar-refractivity contribution in [2.45, 2.75) is 38.4 Å². The lowest BCUT2D eigenvalue weighted by Gasteiger charge is -2.24. The number of aliphatic carboxylic acids is 1. The summed E-state index contributed by atoms with van der Waals surface area (Å²) < 4.78 is 1.25. The van der Waals surface area contributed by atoms with E-state index in [2.05, 4.69) is 34.6 Å². The Morgan fingerprint density at radius 3 is 2.90 bits per heavy atom. The molecule has 2 amide bonds. The van der Waals surface area contributed by atoms with Crippen LogP contribution in [0.3, 0.4) is 0 Å². The molecule has 21 heavy (non-hydrogen) atoms. The average Bonchev–Trinajstić information content (AvgIpc) is 3.18. The van der Waals surface area contributed by atoms with Gasteiger partial charge in [-0.1, -0.05) is 0 Å². The van der Waals surface area contributed by atoms with Crippen LogP contribution >= 0.6 is 0 Å². The van der Waals surface area contributed by atoms with Gasteiger partial charge in [0, 0.05) is 24.8 Å². The lowest BCUT2D eigenvalue weighted by atomic mass is 10.3. The summed E-state index contributed by atoms with van der Waals surface area (Å²) in [6.45, 7) is 2.40. The number of carbonyl (C=O) groups is 2. The fourth-order valence-corrected chi connectivity index (χ4v) is 2.05. The van der Waals surface area contributed by atoms with Crippen LogP contribution in [0.5, 0.6) is 0 Å². The molecule has 8 heteroatoms. The molecule has 1 unspecified atom stereocenters. The highest BCUT2D eigenvalue weighted by Gasteiger charge is 2.29. The van der Waals surface area contributed by atoms with Crippen LogP contribution in [0.1, 0.15) is 19.8 Å². The first-order valence-electron chi connectivity index (χ1n) is 6.96. The Morgan fingerprint density at radius 1 is 1.57 bits per heavy atom. The van der Waals surface area contributed by atoms with Gasteiger partial charge in [0.05, 0.1) is 11.9 Å². The van der Waals surface area contributed by atoms with E-state index >= 15 is 0 Å². The molecular formula is C13H21N5O3. The number of carboxylic acid groups (broad SMARTS) is 1. The highest BCUT2D eigenvalue weighted by molar-refractivity contribution is 5.88. The van der Waals surface area contributed by atoms with Gasteiger partial charge in [0.25, 0.3) is 0 Å². The van der Waals surface area contributed by atoms with Gasteiger partial charge in [-0.05, 0) is 26.8 Å². The Kier molecular flexibility index (Phi) is 4.79. The van der Waals surface area contributed by atoms with Crippen molar-refractivity contribution < 1.29 is 14.7 Å². The number of urea groups is 1. The number of carboxylic acids is 1. The molecule has 1 aliphatic rings. The second-order valence-corrected chi connectivity index (χ2v) is 5.40. The van der Waals surface area contributed by atoms with Crippen molar-refractivity contribution >= 4 is 17.7 Å². The SMILES string of the molecule is CC(CNC(=O)Nc1cnn(CC(=O)O)c1)N(C)C1CC1. The number of hydrogen-bond acceptors (Lipinski definition) is 4. The van der Waals surface area contributed by atoms with Crippen molar-refractivity contribution in [3.05, 3.63) is 12.4 Å². The van der Waals surface area contributed by atoms with Gasteiger partial charge >= 0.3 is 12.0 Å². The van der Waals surface area contributed by atoms with E-state index < -0.39 is 5.97 Å². The molecule has 1 aromatic heterocycles. The Morgan fingerprint density at radius 2 is 2.29 bits per heavy atom. The Balaban J connectivity index is 1.73. The molecule has 116 valence electrons. The van der Waals surface area contributed by atoms with Crippen LogP contribution in [0.15, 0.2) is 12.4 Å². The van der Waals surface area contributed by atoms with Crippen molar-refractivity contribution in [2.24, 2.45) is 0 Å². The fraction of sp³-hybridized carbons (Fsp3) is 0.615. The molecule has 2 rings (SSSR count). The summed E-state index contributed by atoms with van der Waals surface area (Å²) >= 11 is 0. The van der Waals surface area contributed by atoms with E-state index in [1.807, 2.05) is 0 Å². The zero-order valence-corrected chi connectivity index (χ0v) is 12.2. The molecule has 0 bridgehead atoms. The molecular weight excluding hydrogens is 274 g/mol. The first-order chi connectivity index (χ1) is 9.95. The van der Waals surface area contributed by atoms with Crippen molar-refractivity contribution in [1.29, 1.82) is 0 Å². The third kappa shape index (κ3) is 4.75. The number of nitrogens with zero attached hydrogens (tertiary/aromatic N) is 3. The Hall–Kier alpha value is -2.09. The number of hydrogen-bond donors (Lipinski definition) is 3. The quantitative estimate of drug-likeness (QED) is 0.683. The Bertz CT molecular complexity index is 512. The smallest absolute Gasteiger partial charge is 0.325 e. The van der Waals surface area contributed by atoms with Crippen LogP contribution in [0.2, 0.25) is 0 Å². The highest BCUT2D eigenvalue weighted by Crippen LogP contribution is 2.26. The largest absolute Gasteiger partial charge is 0.480 e. The number of nitrogens with one attached hydrogen (secondary N) is 2. The number of rotatable bonds is 7. The lowest BCUT2D eigenvalue weighted by Crippen LogP contribution is -2.42. The topological polar surface area (TPSA) is 99.5 Å². The normalized spacial score (nSPS) is 15.8. The number of likely N-dealkylation sites (N-methyl/N-ethyl adjacent to an activating group) is 1. The van der Waals surface area contributed by atoms with Crippen molar-refractivity contribution in [3.8, 4) is 0 Å². The monoisotopic (exact) mass is 295 g/mol. The third-order valence-corrected chi connectivity index (χ3v) is 3.56. The number of carbonyl (C=O) groups excluding carboxylic acids is 1. The Labute approximate surface area is 123 Å². The summed E-state index contributed by atoms with van der Waals surface area (Å²) in [5, 5.41) is 17.9.